The summed E-state index contributed by atoms with van der Waals surface area (Å²) >= 11 is 1.53. The number of rotatable bonds is 6. The van der Waals surface area contributed by atoms with Crippen LogP contribution in [0.1, 0.15) is 28.2 Å². The zero-order valence-electron chi connectivity index (χ0n) is 13.2. The van der Waals surface area contributed by atoms with Gasteiger partial charge in [0.15, 0.2) is 16.4 Å². The van der Waals surface area contributed by atoms with Gasteiger partial charge in [0.25, 0.3) is 5.91 Å². The molecule has 0 spiro atoms. The molecule has 0 saturated heterocycles. The van der Waals surface area contributed by atoms with Gasteiger partial charge in [0.1, 0.15) is 0 Å². The number of sulfone groups is 1. The van der Waals surface area contributed by atoms with Gasteiger partial charge in [-0.15, -0.1) is 11.3 Å². The van der Waals surface area contributed by atoms with E-state index in [1.807, 2.05) is 24.4 Å². The van der Waals surface area contributed by atoms with Crippen LogP contribution in [0.25, 0.3) is 0 Å². The Balaban J connectivity index is 1.87. The zero-order chi connectivity index (χ0) is 17.7. The summed E-state index contributed by atoms with van der Waals surface area (Å²) in [5.41, 5.74) is 0.182. The van der Waals surface area contributed by atoms with Crippen LogP contribution in [0, 0.1) is 0 Å². The van der Waals surface area contributed by atoms with Crippen LogP contribution < -0.4 is 5.32 Å². The summed E-state index contributed by atoms with van der Waals surface area (Å²) in [7, 11) is -3.32. The molecule has 1 aromatic carbocycles. The molecule has 1 atom stereocenters. The van der Waals surface area contributed by atoms with Crippen LogP contribution in [0.5, 0.6) is 0 Å². The number of carbonyl (C=O) groups excluding carboxylic acids is 2. The van der Waals surface area contributed by atoms with Crippen molar-refractivity contribution in [3.63, 3.8) is 0 Å². The first-order chi connectivity index (χ1) is 11.3. The van der Waals surface area contributed by atoms with Gasteiger partial charge in [-0.25, -0.2) is 13.2 Å². The first kappa shape index (κ1) is 18.2. The van der Waals surface area contributed by atoms with Crippen molar-refractivity contribution in [3.05, 3.63) is 52.2 Å². The first-order valence-corrected chi connectivity index (χ1v) is 9.84. The molecule has 0 aliphatic carbocycles. The van der Waals surface area contributed by atoms with E-state index in [9.17, 15) is 18.0 Å². The molecule has 0 unspecified atom stereocenters. The van der Waals surface area contributed by atoms with E-state index in [-0.39, 0.29) is 16.5 Å². The van der Waals surface area contributed by atoms with E-state index >= 15 is 0 Å². The molecule has 1 heterocycles. The van der Waals surface area contributed by atoms with Crippen LogP contribution >= 0.6 is 11.3 Å². The SMILES string of the molecule is C[C@H](NC(=O)COC(=O)c1ccc(S(C)(=O)=O)cc1)c1cccs1. The number of carbonyl (C=O) groups is 2. The van der Waals surface area contributed by atoms with Gasteiger partial charge in [-0.05, 0) is 42.6 Å². The number of amides is 1. The number of ether oxygens (including phenoxy) is 1. The maximum atomic E-state index is 11.9. The van der Waals surface area contributed by atoms with Gasteiger partial charge in [-0.3, -0.25) is 4.79 Å². The van der Waals surface area contributed by atoms with Crippen molar-refractivity contribution in [1.29, 1.82) is 0 Å². The molecule has 0 radical (unpaired) electrons. The van der Waals surface area contributed by atoms with Gasteiger partial charge in [0.2, 0.25) is 0 Å². The van der Waals surface area contributed by atoms with E-state index in [0.717, 1.165) is 11.1 Å². The molecule has 0 aliphatic heterocycles. The molecule has 0 bridgehead atoms. The van der Waals surface area contributed by atoms with E-state index in [0.29, 0.717) is 0 Å². The van der Waals surface area contributed by atoms with E-state index < -0.39 is 28.3 Å². The third-order valence-corrected chi connectivity index (χ3v) is 5.38. The molecular weight excluding hydrogens is 350 g/mol. The van der Waals surface area contributed by atoms with Gasteiger partial charge < -0.3 is 10.1 Å². The summed E-state index contributed by atoms with van der Waals surface area (Å²) in [5, 5.41) is 4.65. The molecule has 24 heavy (non-hydrogen) atoms. The summed E-state index contributed by atoms with van der Waals surface area (Å²) in [6.45, 7) is 1.44. The summed E-state index contributed by atoms with van der Waals surface area (Å²) in [6.07, 6.45) is 1.08. The molecule has 1 aromatic heterocycles. The monoisotopic (exact) mass is 367 g/mol. The van der Waals surface area contributed by atoms with Crippen LogP contribution in [-0.2, 0) is 19.4 Å². The third kappa shape index (κ3) is 4.90. The average Bonchev–Trinajstić information content (AvgIpc) is 3.06. The van der Waals surface area contributed by atoms with Gasteiger partial charge in [-0.1, -0.05) is 6.07 Å². The highest BCUT2D eigenvalue weighted by atomic mass is 32.2. The Hall–Kier alpha value is -2.19. The Morgan fingerprint density at radius 1 is 1.21 bits per heavy atom. The van der Waals surface area contributed by atoms with E-state index in [2.05, 4.69) is 5.32 Å². The molecule has 2 rings (SSSR count). The topological polar surface area (TPSA) is 89.5 Å². The molecule has 128 valence electrons. The summed E-state index contributed by atoms with van der Waals surface area (Å²) in [4.78, 5) is 24.8. The van der Waals surface area contributed by atoms with Crippen LogP contribution in [0.3, 0.4) is 0 Å². The van der Waals surface area contributed by atoms with Crippen molar-refractivity contribution in [1.82, 2.24) is 5.32 Å². The van der Waals surface area contributed by atoms with E-state index in [4.69, 9.17) is 4.74 Å². The number of nitrogens with one attached hydrogen (secondary N) is 1. The number of esters is 1. The van der Waals surface area contributed by atoms with Crippen molar-refractivity contribution in [2.75, 3.05) is 12.9 Å². The molecule has 0 fully saturated rings. The van der Waals surface area contributed by atoms with Gasteiger partial charge in [0.05, 0.1) is 16.5 Å². The Kier molecular flexibility index (Phi) is 5.74. The average molecular weight is 367 g/mol. The van der Waals surface area contributed by atoms with Crippen molar-refractivity contribution in [3.8, 4) is 0 Å². The second-order valence-corrected chi connectivity index (χ2v) is 8.17. The van der Waals surface area contributed by atoms with Crippen molar-refractivity contribution in [2.45, 2.75) is 17.9 Å². The third-order valence-electron chi connectivity index (χ3n) is 3.20. The fraction of sp³-hybridized carbons (Fsp3) is 0.250. The Morgan fingerprint density at radius 2 is 1.88 bits per heavy atom. The van der Waals surface area contributed by atoms with Crippen LogP contribution in [0.15, 0.2) is 46.7 Å². The number of benzene rings is 1. The van der Waals surface area contributed by atoms with Gasteiger partial charge in [-0.2, -0.15) is 0 Å². The fourth-order valence-electron chi connectivity index (χ4n) is 1.94. The number of hydrogen-bond donors (Lipinski definition) is 1. The highest BCUT2D eigenvalue weighted by Gasteiger charge is 2.14. The first-order valence-electron chi connectivity index (χ1n) is 7.07. The zero-order valence-corrected chi connectivity index (χ0v) is 14.8. The van der Waals surface area contributed by atoms with Crippen LogP contribution in [0.2, 0.25) is 0 Å². The maximum Gasteiger partial charge on any atom is 0.338 e. The Bertz CT molecular complexity index is 811. The Morgan fingerprint density at radius 3 is 2.42 bits per heavy atom. The highest BCUT2D eigenvalue weighted by molar-refractivity contribution is 7.90. The Labute approximate surface area is 144 Å². The normalized spacial score (nSPS) is 12.4. The van der Waals surface area contributed by atoms with Gasteiger partial charge in [0, 0.05) is 11.1 Å². The van der Waals surface area contributed by atoms with Crippen molar-refractivity contribution in [2.24, 2.45) is 0 Å². The molecule has 8 heteroatoms. The summed E-state index contributed by atoms with van der Waals surface area (Å²) in [6, 6.07) is 8.99. The smallest absolute Gasteiger partial charge is 0.338 e. The number of hydrogen-bond acceptors (Lipinski definition) is 6. The molecule has 6 nitrogen and oxygen atoms in total. The second kappa shape index (κ2) is 7.59. The predicted octanol–water partition coefficient (Wildman–Crippen LogP) is 2.19. The lowest BCUT2D eigenvalue weighted by atomic mass is 10.2. The quantitative estimate of drug-likeness (QED) is 0.791. The minimum absolute atomic E-state index is 0.113. The number of thiophene rings is 1. The van der Waals surface area contributed by atoms with E-state index in [1.165, 1.54) is 35.6 Å². The van der Waals surface area contributed by atoms with Crippen LogP contribution in [-0.4, -0.2) is 33.2 Å². The standard InChI is InChI=1S/C16H17NO5S2/c1-11(14-4-3-9-23-14)17-15(18)10-22-16(19)12-5-7-13(8-6-12)24(2,20)21/h3-9,11H,10H2,1-2H3,(H,17,18)/t11-/m0/s1. The minimum atomic E-state index is -3.32. The van der Waals surface area contributed by atoms with Crippen LogP contribution in [0.4, 0.5) is 0 Å². The largest absolute Gasteiger partial charge is 0.452 e. The van der Waals surface area contributed by atoms with Crippen molar-refractivity contribution < 1.29 is 22.7 Å². The summed E-state index contributed by atoms with van der Waals surface area (Å²) in [5.74, 6) is -1.09. The lowest BCUT2D eigenvalue weighted by Crippen LogP contribution is -2.30. The molecule has 0 aliphatic rings. The molecule has 0 saturated carbocycles. The molecule has 1 amide bonds. The molecular formula is C16H17NO5S2. The minimum Gasteiger partial charge on any atom is -0.452 e. The predicted molar refractivity (Wildman–Crippen MR) is 90.7 cm³/mol. The highest BCUT2D eigenvalue weighted by Crippen LogP contribution is 2.17. The maximum absolute atomic E-state index is 11.9. The second-order valence-electron chi connectivity index (χ2n) is 5.18. The summed E-state index contributed by atoms with van der Waals surface area (Å²) < 4.78 is 27.7. The molecule has 1 N–H and O–H groups in total. The fourth-order valence-corrected chi connectivity index (χ4v) is 3.31. The van der Waals surface area contributed by atoms with Gasteiger partial charge >= 0.3 is 5.97 Å². The van der Waals surface area contributed by atoms with E-state index in [1.54, 1.807) is 0 Å². The van der Waals surface area contributed by atoms with Crippen molar-refractivity contribution >= 4 is 33.1 Å². The molecule has 2 aromatic rings. The lowest BCUT2D eigenvalue weighted by molar-refractivity contribution is -0.124. The lowest BCUT2D eigenvalue weighted by Gasteiger charge is -2.12.